The third-order valence-electron chi connectivity index (χ3n) is 3.06. The van der Waals surface area contributed by atoms with E-state index in [4.69, 9.17) is 5.73 Å². The van der Waals surface area contributed by atoms with Crippen LogP contribution in [0.2, 0.25) is 0 Å². The third-order valence-corrected chi connectivity index (χ3v) is 3.06. The lowest BCUT2D eigenvalue weighted by Crippen LogP contribution is -2.20. The van der Waals surface area contributed by atoms with Crippen LogP contribution in [-0.2, 0) is 0 Å². The van der Waals surface area contributed by atoms with Crippen molar-refractivity contribution in [3.05, 3.63) is 24.0 Å². The predicted octanol–water partition coefficient (Wildman–Crippen LogP) is 1.95. The van der Waals surface area contributed by atoms with Crippen molar-refractivity contribution in [2.75, 3.05) is 23.7 Å². The van der Waals surface area contributed by atoms with Crippen LogP contribution in [0.5, 0.6) is 0 Å². The normalized spacial score (nSPS) is 15.7. The second-order valence-electron chi connectivity index (χ2n) is 4.26. The second kappa shape index (κ2) is 3.84. The van der Waals surface area contributed by atoms with Gasteiger partial charge in [-0.2, -0.15) is 4.98 Å². The van der Waals surface area contributed by atoms with E-state index in [1.165, 1.54) is 12.1 Å². The maximum absolute atomic E-state index is 13.3. The summed E-state index contributed by atoms with van der Waals surface area (Å²) in [6, 6.07) is 4.51. The lowest BCUT2D eigenvalue weighted by atomic mass is 10.2. The van der Waals surface area contributed by atoms with E-state index in [-0.39, 0.29) is 11.8 Å². The molecule has 2 heterocycles. The minimum Gasteiger partial charge on any atom is -0.368 e. The van der Waals surface area contributed by atoms with E-state index >= 15 is 0 Å². The Morgan fingerprint density at radius 3 is 2.71 bits per heavy atom. The first-order chi connectivity index (χ1) is 8.24. The van der Waals surface area contributed by atoms with Gasteiger partial charge in [0.2, 0.25) is 5.95 Å². The van der Waals surface area contributed by atoms with E-state index in [2.05, 4.69) is 14.9 Å². The van der Waals surface area contributed by atoms with Crippen molar-refractivity contribution in [1.29, 1.82) is 0 Å². The van der Waals surface area contributed by atoms with E-state index in [0.29, 0.717) is 5.52 Å². The molecule has 1 saturated heterocycles. The quantitative estimate of drug-likeness (QED) is 0.816. The summed E-state index contributed by atoms with van der Waals surface area (Å²) in [6.45, 7) is 1.89. The van der Waals surface area contributed by atoms with Gasteiger partial charge in [-0.05, 0) is 31.0 Å². The van der Waals surface area contributed by atoms with E-state index in [1.54, 1.807) is 6.07 Å². The molecule has 1 aliphatic rings. The van der Waals surface area contributed by atoms with Crippen molar-refractivity contribution in [2.45, 2.75) is 12.8 Å². The minimum absolute atomic E-state index is 0.242. The zero-order chi connectivity index (χ0) is 11.8. The molecule has 1 aromatic carbocycles. The van der Waals surface area contributed by atoms with Crippen LogP contribution in [0.3, 0.4) is 0 Å². The number of anilines is 2. The molecule has 0 spiro atoms. The summed E-state index contributed by atoms with van der Waals surface area (Å²) in [5.41, 5.74) is 6.38. The molecule has 0 saturated carbocycles. The van der Waals surface area contributed by atoms with Crippen LogP contribution in [0.4, 0.5) is 16.2 Å². The predicted molar refractivity (Wildman–Crippen MR) is 65.4 cm³/mol. The van der Waals surface area contributed by atoms with Crippen molar-refractivity contribution >= 4 is 22.7 Å². The molecule has 0 atom stereocenters. The van der Waals surface area contributed by atoms with Gasteiger partial charge >= 0.3 is 0 Å². The Hall–Kier alpha value is -1.91. The highest BCUT2D eigenvalue weighted by molar-refractivity contribution is 5.90. The lowest BCUT2D eigenvalue weighted by Gasteiger charge is -2.18. The van der Waals surface area contributed by atoms with Gasteiger partial charge in [-0.25, -0.2) is 9.37 Å². The van der Waals surface area contributed by atoms with Gasteiger partial charge in [-0.3, -0.25) is 0 Å². The Morgan fingerprint density at radius 2 is 1.94 bits per heavy atom. The number of rotatable bonds is 1. The molecular formula is C12H13FN4. The summed E-state index contributed by atoms with van der Waals surface area (Å²) in [7, 11) is 0. The number of fused-ring (bicyclic) bond motifs is 1. The molecule has 0 amide bonds. The zero-order valence-electron chi connectivity index (χ0n) is 9.36. The molecule has 1 aromatic heterocycles. The van der Waals surface area contributed by atoms with Crippen LogP contribution >= 0.6 is 0 Å². The van der Waals surface area contributed by atoms with Crippen molar-refractivity contribution < 1.29 is 4.39 Å². The number of halogens is 1. The molecule has 2 N–H and O–H groups in total. The maximum Gasteiger partial charge on any atom is 0.222 e. The molecule has 3 rings (SSSR count). The summed E-state index contributed by atoms with van der Waals surface area (Å²) < 4.78 is 13.3. The lowest BCUT2D eigenvalue weighted by molar-refractivity contribution is 0.629. The molecule has 4 nitrogen and oxygen atoms in total. The number of nitrogen functional groups attached to an aromatic ring is 1. The molecule has 0 unspecified atom stereocenters. The Kier molecular flexibility index (Phi) is 2.31. The van der Waals surface area contributed by atoms with Crippen LogP contribution in [0.25, 0.3) is 10.9 Å². The standard InChI is InChI=1S/C12H13FN4/c13-8-3-4-10-9(7-8)11(16-12(14)15-10)17-5-1-2-6-17/h3-4,7H,1-2,5-6H2,(H2,14,15,16). The number of benzene rings is 1. The first-order valence-corrected chi connectivity index (χ1v) is 5.72. The highest BCUT2D eigenvalue weighted by Gasteiger charge is 2.17. The summed E-state index contributed by atoms with van der Waals surface area (Å²) in [5.74, 6) is 0.724. The molecule has 1 fully saturated rings. The Morgan fingerprint density at radius 1 is 1.18 bits per heavy atom. The number of nitrogens with two attached hydrogens (primary N) is 1. The summed E-state index contributed by atoms with van der Waals surface area (Å²) in [6.07, 6.45) is 2.28. The summed E-state index contributed by atoms with van der Waals surface area (Å²) >= 11 is 0. The van der Waals surface area contributed by atoms with E-state index in [9.17, 15) is 4.39 Å². The Labute approximate surface area is 98.3 Å². The third kappa shape index (κ3) is 1.77. The SMILES string of the molecule is Nc1nc(N2CCCC2)c2cc(F)ccc2n1. The first-order valence-electron chi connectivity index (χ1n) is 5.72. The number of hydrogen-bond donors (Lipinski definition) is 1. The smallest absolute Gasteiger partial charge is 0.222 e. The Balaban J connectivity index is 2.23. The fourth-order valence-electron chi connectivity index (χ4n) is 2.27. The van der Waals surface area contributed by atoms with E-state index in [1.807, 2.05) is 0 Å². The van der Waals surface area contributed by atoms with Crippen LogP contribution < -0.4 is 10.6 Å². The van der Waals surface area contributed by atoms with Crippen LogP contribution in [0, 0.1) is 5.82 Å². The fraction of sp³-hybridized carbons (Fsp3) is 0.333. The highest BCUT2D eigenvalue weighted by atomic mass is 19.1. The van der Waals surface area contributed by atoms with Gasteiger partial charge in [0.1, 0.15) is 11.6 Å². The zero-order valence-corrected chi connectivity index (χ0v) is 9.36. The summed E-state index contributed by atoms with van der Waals surface area (Å²) in [4.78, 5) is 10.5. The van der Waals surface area contributed by atoms with E-state index < -0.39 is 0 Å². The molecule has 0 aliphatic carbocycles. The van der Waals surface area contributed by atoms with Crippen molar-refractivity contribution in [3.8, 4) is 0 Å². The molecular weight excluding hydrogens is 219 g/mol. The molecule has 17 heavy (non-hydrogen) atoms. The van der Waals surface area contributed by atoms with Gasteiger partial charge in [0.25, 0.3) is 0 Å². The van der Waals surface area contributed by atoms with Gasteiger partial charge in [0, 0.05) is 18.5 Å². The first kappa shape index (κ1) is 10.3. The average Bonchev–Trinajstić information content (AvgIpc) is 2.82. The van der Waals surface area contributed by atoms with Gasteiger partial charge in [-0.15, -0.1) is 0 Å². The van der Waals surface area contributed by atoms with Gasteiger partial charge in [0.05, 0.1) is 5.52 Å². The van der Waals surface area contributed by atoms with Crippen molar-refractivity contribution in [1.82, 2.24) is 9.97 Å². The van der Waals surface area contributed by atoms with E-state index in [0.717, 1.165) is 37.1 Å². The van der Waals surface area contributed by atoms with Crippen LogP contribution in [-0.4, -0.2) is 23.1 Å². The Bertz CT molecular complexity index is 564. The second-order valence-corrected chi connectivity index (χ2v) is 4.26. The van der Waals surface area contributed by atoms with Crippen LogP contribution in [0.1, 0.15) is 12.8 Å². The van der Waals surface area contributed by atoms with Crippen molar-refractivity contribution in [2.24, 2.45) is 0 Å². The van der Waals surface area contributed by atoms with Crippen molar-refractivity contribution in [3.63, 3.8) is 0 Å². The molecule has 2 aromatic rings. The molecule has 0 radical (unpaired) electrons. The largest absolute Gasteiger partial charge is 0.368 e. The number of hydrogen-bond acceptors (Lipinski definition) is 4. The molecule has 1 aliphatic heterocycles. The highest BCUT2D eigenvalue weighted by Crippen LogP contribution is 2.27. The topological polar surface area (TPSA) is 55.0 Å². The number of aromatic nitrogens is 2. The minimum atomic E-state index is -0.272. The average molecular weight is 232 g/mol. The molecule has 88 valence electrons. The maximum atomic E-state index is 13.3. The molecule has 5 heteroatoms. The van der Waals surface area contributed by atoms with Gasteiger partial charge < -0.3 is 10.6 Å². The summed E-state index contributed by atoms with van der Waals surface area (Å²) in [5, 5.41) is 0.737. The van der Waals surface area contributed by atoms with Crippen LogP contribution in [0.15, 0.2) is 18.2 Å². The number of nitrogens with zero attached hydrogens (tertiary/aromatic N) is 3. The monoisotopic (exact) mass is 232 g/mol. The molecule has 0 bridgehead atoms. The van der Waals surface area contributed by atoms with Gasteiger partial charge in [0.15, 0.2) is 0 Å². The van der Waals surface area contributed by atoms with Gasteiger partial charge in [-0.1, -0.05) is 0 Å². The fourth-order valence-corrected chi connectivity index (χ4v) is 2.27.